The first-order valence-electron chi connectivity index (χ1n) is 33.7. The second kappa shape index (κ2) is 61.7. The van der Waals surface area contributed by atoms with Gasteiger partial charge in [-0.05, 0) is 115 Å². The number of thiophene rings is 4. The topological polar surface area (TPSA) is 25.8 Å². The molecule has 556 valence electrons. The number of aromatic nitrogens is 2. The lowest BCUT2D eigenvalue weighted by Crippen LogP contribution is -2.14. The molecule has 0 saturated carbocycles. The van der Waals surface area contributed by atoms with Gasteiger partial charge in [0.1, 0.15) is 0 Å². The van der Waals surface area contributed by atoms with Crippen molar-refractivity contribution in [3.05, 3.63) is 88.1 Å². The Bertz CT molecular complexity index is 2730. The molecule has 6 aromatic heterocycles. The average Bonchev–Trinajstić information content (AvgIpc) is 1.69. The van der Waals surface area contributed by atoms with E-state index in [0.717, 1.165) is 23.0 Å². The molecule has 0 aromatic carbocycles. The molecular formula is C72H114N2S24. The van der Waals surface area contributed by atoms with Crippen LogP contribution in [0.2, 0.25) is 0 Å². The molecule has 0 fully saturated rings. The first kappa shape index (κ1) is 96.3. The number of aryl methyl sites for hydroxylation is 8. The van der Waals surface area contributed by atoms with E-state index in [-0.39, 0.29) is 0 Å². The van der Waals surface area contributed by atoms with Gasteiger partial charge >= 0.3 is 0 Å². The van der Waals surface area contributed by atoms with E-state index in [4.69, 9.17) is 0 Å². The number of hydrogen-bond donors (Lipinski definition) is 0. The maximum atomic E-state index is 4.18. The summed E-state index contributed by atoms with van der Waals surface area (Å²) in [5.41, 5.74) is 0. The Morgan fingerprint density at radius 3 is 0.796 bits per heavy atom. The van der Waals surface area contributed by atoms with Gasteiger partial charge < -0.3 is 0 Å². The minimum atomic E-state index is 0.657. The molecule has 26 heteroatoms. The molecule has 2 nitrogen and oxygen atoms in total. The van der Waals surface area contributed by atoms with Gasteiger partial charge in [-0.2, -0.15) is 118 Å². The average molecular weight is 1780 g/mol. The predicted molar refractivity (Wildman–Crippen MR) is 507 cm³/mol. The van der Waals surface area contributed by atoms with Crippen molar-refractivity contribution >= 4 is 281 Å². The number of rotatable bonds is 50. The zero-order valence-corrected chi connectivity index (χ0v) is 81.2. The van der Waals surface area contributed by atoms with Gasteiger partial charge in [-0.25, -0.2) is 0 Å². The fraction of sp³-hybridized carbons (Fsp3) is 0.639. The lowest BCUT2D eigenvalue weighted by molar-refractivity contribution is 0.916. The van der Waals surface area contributed by atoms with E-state index in [1.807, 2.05) is 153 Å². The molecule has 0 saturated heterocycles. The highest BCUT2D eigenvalue weighted by molar-refractivity contribution is 8.09. The highest BCUT2D eigenvalue weighted by Gasteiger charge is 2.24. The van der Waals surface area contributed by atoms with E-state index >= 15 is 0 Å². The molecule has 0 amide bonds. The summed E-state index contributed by atoms with van der Waals surface area (Å²) in [6.07, 6.45) is 11.9. The molecule has 0 bridgehead atoms. The molecule has 4 unspecified atom stereocenters. The fourth-order valence-corrected chi connectivity index (χ4v) is 36.0. The summed E-state index contributed by atoms with van der Waals surface area (Å²) in [5.74, 6) is 29.8. The number of thioether (sulfide) groups is 20. The molecule has 6 rings (SSSR count). The van der Waals surface area contributed by atoms with Gasteiger partial charge in [0.05, 0.1) is 0 Å². The summed E-state index contributed by atoms with van der Waals surface area (Å²) in [7, 11) is 0. The zero-order chi connectivity index (χ0) is 71.7. The normalized spacial score (nSPS) is 12.6. The van der Waals surface area contributed by atoms with Crippen LogP contribution in [0.5, 0.6) is 0 Å². The highest BCUT2D eigenvalue weighted by atomic mass is 32.2. The lowest BCUT2D eigenvalue weighted by atomic mass is 10.4. The maximum absolute atomic E-state index is 4.18. The Balaban J connectivity index is 0.000000341. The quantitative estimate of drug-likeness (QED) is 0.0268. The van der Waals surface area contributed by atoms with E-state index in [9.17, 15) is 0 Å². The van der Waals surface area contributed by atoms with Crippen molar-refractivity contribution in [1.82, 2.24) is 9.97 Å². The second-order valence-electron chi connectivity index (χ2n) is 21.5. The molecule has 0 N–H and O–H groups in total. The van der Waals surface area contributed by atoms with Crippen molar-refractivity contribution in [2.45, 2.75) is 181 Å². The summed E-state index contributed by atoms with van der Waals surface area (Å²) >= 11 is 48.7. The molecule has 98 heavy (non-hydrogen) atoms. The standard InChI is InChI=1S/C20H22N2S5.C18H32S7.C18H32S5.C16H28S7/c1-15-19(25-11-9-23-17-5-3-7-21-13-17)20(16(2)27-15)26-12-10-24-18-6-4-8-22-14-18;1-5-19-7-9-21-11-13-23-17-15(3)25-16(4)18(17)24-14-12-22-10-8-20-6-2;1-9-19-11(3)13(5)22-17-15(7)21-16(8)18(17)23-14(6)12(4)20-10-2;1-13-15(21-11-9-19-7-5-17-3)16(14(2)23-13)22-12-10-20-8-6-18-4/h3-8,13-14H,9-12H2,1-2H3;5-14H2,1-4H3;11-14H,9-10H2,1-8H3;5-12H2,1-4H3. The van der Waals surface area contributed by atoms with Gasteiger partial charge in [0, 0.05) is 249 Å². The Kier molecular flexibility index (Phi) is 60.7. The van der Waals surface area contributed by atoms with Gasteiger partial charge in [0.15, 0.2) is 0 Å². The summed E-state index contributed by atoms with van der Waals surface area (Å²) < 4.78 is 0. The van der Waals surface area contributed by atoms with Gasteiger partial charge in [-0.15, -0.1) is 163 Å². The first-order chi connectivity index (χ1) is 47.5. The van der Waals surface area contributed by atoms with Gasteiger partial charge in [-0.1, -0.05) is 55.4 Å². The summed E-state index contributed by atoms with van der Waals surface area (Å²) in [6.45, 7) is 36.8. The monoisotopic (exact) mass is 1770 g/mol. The Labute approximate surface area is 700 Å². The van der Waals surface area contributed by atoms with Crippen LogP contribution in [0.3, 0.4) is 0 Å². The van der Waals surface area contributed by atoms with Crippen molar-refractivity contribution in [2.75, 3.05) is 151 Å². The van der Waals surface area contributed by atoms with E-state index in [1.54, 1.807) is 29.4 Å². The van der Waals surface area contributed by atoms with E-state index in [1.165, 1.54) is 174 Å². The minimum Gasteiger partial charge on any atom is -0.264 e. The van der Waals surface area contributed by atoms with Gasteiger partial charge in [0.2, 0.25) is 0 Å². The van der Waals surface area contributed by atoms with Crippen LogP contribution in [0.15, 0.2) is 98.0 Å². The number of hydrogen-bond acceptors (Lipinski definition) is 26. The molecule has 0 aliphatic rings. The van der Waals surface area contributed by atoms with Crippen molar-refractivity contribution in [1.29, 1.82) is 0 Å². The molecule has 0 aliphatic heterocycles. The summed E-state index contributed by atoms with van der Waals surface area (Å²) in [4.78, 5) is 35.2. The first-order valence-corrected chi connectivity index (χ1v) is 58.4. The maximum Gasteiger partial charge on any atom is 0.0403 e. The van der Waals surface area contributed by atoms with Crippen LogP contribution in [-0.2, 0) is 0 Å². The number of pyridine rings is 2. The Hall–Kier alpha value is 4.10. The third-order valence-electron chi connectivity index (χ3n) is 13.8. The van der Waals surface area contributed by atoms with Crippen LogP contribution < -0.4 is 0 Å². The van der Waals surface area contributed by atoms with Crippen LogP contribution in [-0.4, -0.2) is 182 Å². The molecule has 0 spiro atoms. The van der Waals surface area contributed by atoms with Gasteiger partial charge in [0.25, 0.3) is 0 Å². The van der Waals surface area contributed by atoms with Crippen LogP contribution in [0.4, 0.5) is 0 Å². The molecular weight excluding hydrogens is 1660 g/mol. The second-order valence-corrected chi connectivity index (χ2v) is 51.9. The molecule has 6 heterocycles. The summed E-state index contributed by atoms with van der Waals surface area (Å²) in [5, 5.41) is 2.72. The van der Waals surface area contributed by atoms with Crippen molar-refractivity contribution < 1.29 is 0 Å². The van der Waals surface area contributed by atoms with E-state index < -0.39 is 0 Å². The van der Waals surface area contributed by atoms with Crippen LogP contribution in [0.1, 0.15) is 94.4 Å². The molecule has 0 radical (unpaired) electrons. The molecule has 4 atom stereocenters. The van der Waals surface area contributed by atoms with Crippen LogP contribution in [0, 0.1) is 55.4 Å². The van der Waals surface area contributed by atoms with Crippen molar-refractivity contribution in [3.8, 4) is 0 Å². The zero-order valence-electron chi connectivity index (χ0n) is 61.6. The fourth-order valence-electron chi connectivity index (χ4n) is 8.70. The Morgan fingerprint density at radius 2 is 0.541 bits per heavy atom. The van der Waals surface area contributed by atoms with Crippen molar-refractivity contribution in [3.63, 3.8) is 0 Å². The predicted octanol–water partition coefficient (Wildman–Crippen LogP) is 28.8. The minimum absolute atomic E-state index is 0.657. The third-order valence-corrected chi connectivity index (χ3v) is 44.1. The smallest absolute Gasteiger partial charge is 0.0403 e. The Morgan fingerprint density at radius 1 is 0.296 bits per heavy atom. The van der Waals surface area contributed by atoms with E-state index in [2.05, 4.69) is 310 Å². The van der Waals surface area contributed by atoms with Crippen LogP contribution in [0.25, 0.3) is 0 Å². The van der Waals surface area contributed by atoms with Crippen LogP contribution >= 0.6 is 281 Å². The van der Waals surface area contributed by atoms with E-state index in [0.29, 0.717) is 21.0 Å². The molecule has 0 aliphatic carbocycles. The third kappa shape index (κ3) is 41.4. The highest BCUT2D eigenvalue weighted by Crippen LogP contribution is 2.48. The lowest BCUT2D eigenvalue weighted by Gasteiger charge is -2.22. The SMILES string of the molecule is CCSC(C)C(C)Sc1c(C)sc(C)c1SC(C)C(C)SCC.CCSCCSCCSc1c(C)sc(C)c1SCCSCCSCC.CSCCSCCSc1c(C)sc(C)c1SCCSCCSC.Cc1sc(C)c(SCCSc2cccnc2)c1SCCSc1cccnc1. The summed E-state index contributed by atoms with van der Waals surface area (Å²) in [6, 6.07) is 8.26. The molecule has 6 aromatic rings. The number of nitrogens with zero attached hydrogens (tertiary/aromatic N) is 2. The van der Waals surface area contributed by atoms with Crippen molar-refractivity contribution in [2.24, 2.45) is 0 Å². The van der Waals surface area contributed by atoms with Gasteiger partial charge in [-0.3, -0.25) is 9.97 Å². The largest absolute Gasteiger partial charge is 0.264 e.